The van der Waals surface area contributed by atoms with Crippen molar-refractivity contribution in [2.75, 3.05) is 20.1 Å². The van der Waals surface area contributed by atoms with Crippen molar-refractivity contribution in [3.8, 4) is 0 Å². The van der Waals surface area contributed by atoms with Gasteiger partial charge in [0, 0.05) is 25.7 Å². The van der Waals surface area contributed by atoms with Crippen LogP contribution in [-0.2, 0) is 6.54 Å². The van der Waals surface area contributed by atoms with Gasteiger partial charge in [0.2, 0.25) is 0 Å². The standard InChI is InChI=1S/C14H22N2.ClH/c1-10-5-11(2)14(12(3)6-10)9-16(4)13-7-15-8-13;/h5-6,13,15H,7-9H2,1-4H3;1H. The number of benzene rings is 1. The maximum absolute atomic E-state index is 3.32. The fourth-order valence-corrected chi connectivity index (χ4v) is 2.42. The van der Waals surface area contributed by atoms with Crippen molar-refractivity contribution in [1.29, 1.82) is 0 Å². The number of nitrogens with zero attached hydrogens (tertiary/aromatic N) is 1. The van der Waals surface area contributed by atoms with Gasteiger partial charge in [-0.05, 0) is 44.5 Å². The van der Waals surface area contributed by atoms with Gasteiger partial charge < -0.3 is 5.32 Å². The molecule has 1 heterocycles. The van der Waals surface area contributed by atoms with Crippen LogP contribution >= 0.6 is 12.4 Å². The molecule has 1 fully saturated rings. The van der Waals surface area contributed by atoms with E-state index in [9.17, 15) is 0 Å². The quantitative estimate of drug-likeness (QED) is 0.892. The average molecular weight is 255 g/mol. The number of rotatable bonds is 3. The second-order valence-electron chi connectivity index (χ2n) is 5.10. The van der Waals surface area contributed by atoms with Crippen LogP contribution < -0.4 is 5.32 Å². The Bertz CT molecular complexity index is 363. The third-order valence-electron chi connectivity index (χ3n) is 3.63. The first-order valence-electron chi connectivity index (χ1n) is 6.05. The minimum atomic E-state index is 0. The lowest BCUT2D eigenvalue weighted by molar-refractivity contribution is 0.172. The summed E-state index contributed by atoms with van der Waals surface area (Å²) in [4.78, 5) is 2.46. The summed E-state index contributed by atoms with van der Waals surface area (Å²) in [6.07, 6.45) is 0. The Morgan fingerprint density at radius 3 is 2.12 bits per heavy atom. The normalized spacial score (nSPS) is 15.6. The van der Waals surface area contributed by atoms with E-state index < -0.39 is 0 Å². The summed E-state index contributed by atoms with van der Waals surface area (Å²) in [6, 6.07) is 5.30. The number of likely N-dealkylation sites (N-methyl/N-ethyl adjacent to an activating group) is 1. The third-order valence-corrected chi connectivity index (χ3v) is 3.63. The molecular weight excluding hydrogens is 232 g/mol. The van der Waals surface area contributed by atoms with E-state index in [4.69, 9.17) is 0 Å². The number of halogens is 1. The highest BCUT2D eigenvalue weighted by molar-refractivity contribution is 5.85. The number of hydrogen-bond acceptors (Lipinski definition) is 2. The van der Waals surface area contributed by atoms with E-state index in [-0.39, 0.29) is 12.4 Å². The first kappa shape index (κ1) is 14.5. The Morgan fingerprint density at radius 1 is 1.18 bits per heavy atom. The highest BCUT2D eigenvalue weighted by Crippen LogP contribution is 2.19. The van der Waals surface area contributed by atoms with Crippen LogP contribution in [0.1, 0.15) is 22.3 Å². The van der Waals surface area contributed by atoms with E-state index >= 15 is 0 Å². The zero-order valence-electron chi connectivity index (χ0n) is 11.2. The molecule has 0 atom stereocenters. The molecule has 1 N–H and O–H groups in total. The maximum atomic E-state index is 3.32. The molecule has 1 aliphatic heterocycles. The maximum Gasteiger partial charge on any atom is 0.0345 e. The Kier molecular flexibility index (Phi) is 4.99. The molecule has 1 aromatic rings. The Morgan fingerprint density at radius 2 is 1.71 bits per heavy atom. The molecule has 1 saturated heterocycles. The van der Waals surface area contributed by atoms with E-state index in [1.54, 1.807) is 0 Å². The number of hydrogen-bond donors (Lipinski definition) is 1. The highest BCUT2D eigenvalue weighted by atomic mass is 35.5. The first-order chi connectivity index (χ1) is 7.58. The lowest BCUT2D eigenvalue weighted by Crippen LogP contribution is -2.55. The van der Waals surface area contributed by atoms with Crippen molar-refractivity contribution >= 4 is 12.4 Å². The molecule has 0 unspecified atom stereocenters. The number of aryl methyl sites for hydroxylation is 3. The van der Waals surface area contributed by atoms with Crippen LogP contribution in [0.5, 0.6) is 0 Å². The second-order valence-corrected chi connectivity index (χ2v) is 5.10. The fraction of sp³-hybridized carbons (Fsp3) is 0.571. The van der Waals surface area contributed by atoms with E-state index in [1.807, 2.05) is 0 Å². The Balaban J connectivity index is 0.00000144. The van der Waals surface area contributed by atoms with Gasteiger partial charge in [-0.1, -0.05) is 17.7 Å². The summed E-state index contributed by atoms with van der Waals surface area (Å²) < 4.78 is 0. The van der Waals surface area contributed by atoms with Crippen LogP contribution in [0, 0.1) is 20.8 Å². The summed E-state index contributed by atoms with van der Waals surface area (Å²) in [7, 11) is 2.23. The minimum Gasteiger partial charge on any atom is -0.314 e. The largest absolute Gasteiger partial charge is 0.314 e. The van der Waals surface area contributed by atoms with Crippen molar-refractivity contribution in [2.45, 2.75) is 33.4 Å². The van der Waals surface area contributed by atoms with Crippen LogP contribution in [0.4, 0.5) is 0 Å². The summed E-state index contributed by atoms with van der Waals surface area (Å²) in [5.74, 6) is 0. The fourth-order valence-electron chi connectivity index (χ4n) is 2.42. The molecule has 1 aromatic carbocycles. The zero-order valence-corrected chi connectivity index (χ0v) is 12.0. The molecule has 0 aliphatic carbocycles. The van der Waals surface area contributed by atoms with Gasteiger partial charge in [-0.25, -0.2) is 0 Å². The van der Waals surface area contributed by atoms with Crippen molar-refractivity contribution < 1.29 is 0 Å². The van der Waals surface area contributed by atoms with Crippen LogP contribution in [0.15, 0.2) is 12.1 Å². The van der Waals surface area contributed by atoms with Gasteiger partial charge in [0.15, 0.2) is 0 Å². The Labute approximate surface area is 111 Å². The van der Waals surface area contributed by atoms with Gasteiger partial charge in [-0.3, -0.25) is 4.90 Å². The topological polar surface area (TPSA) is 15.3 Å². The summed E-state index contributed by atoms with van der Waals surface area (Å²) in [6.45, 7) is 9.97. The van der Waals surface area contributed by atoms with Crippen molar-refractivity contribution in [3.63, 3.8) is 0 Å². The molecule has 0 bridgehead atoms. The molecule has 17 heavy (non-hydrogen) atoms. The summed E-state index contributed by atoms with van der Waals surface area (Å²) >= 11 is 0. The molecular formula is C14H23ClN2. The number of nitrogens with one attached hydrogen (secondary N) is 1. The lowest BCUT2D eigenvalue weighted by atomic mass is 9.98. The van der Waals surface area contributed by atoms with Crippen LogP contribution in [0.2, 0.25) is 0 Å². The summed E-state index contributed by atoms with van der Waals surface area (Å²) in [5.41, 5.74) is 5.72. The monoisotopic (exact) mass is 254 g/mol. The molecule has 0 radical (unpaired) electrons. The SMILES string of the molecule is Cc1cc(C)c(CN(C)C2CNC2)c(C)c1.Cl. The van der Waals surface area contributed by atoms with Gasteiger partial charge in [0.25, 0.3) is 0 Å². The van der Waals surface area contributed by atoms with Crippen molar-refractivity contribution in [2.24, 2.45) is 0 Å². The van der Waals surface area contributed by atoms with Gasteiger partial charge in [0.05, 0.1) is 0 Å². The first-order valence-corrected chi connectivity index (χ1v) is 6.05. The third kappa shape index (κ3) is 3.21. The molecule has 0 aromatic heterocycles. The average Bonchev–Trinajstić information content (AvgIpc) is 2.08. The highest BCUT2D eigenvalue weighted by Gasteiger charge is 2.22. The molecule has 2 nitrogen and oxygen atoms in total. The molecule has 0 saturated carbocycles. The predicted molar refractivity (Wildman–Crippen MR) is 76.0 cm³/mol. The van der Waals surface area contributed by atoms with E-state index in [1.165, 1.54) is 22.3 Å². The van der Waals surface area contributed by atoms with Crippen LogP contribution in [0.25, 0.3) is 0 Å². The van der Waals surface area contributed by atoms with Crippen LogP contribution in [-0.4, -0.2) is 31.1 Å². The summed E-state index contributed by atoms with van der Waals surface area (Å²) in [5, 5.41) is 3.32. The van der Waals surface area contributed by atoms with Gasteiger partial charge >= 0.3 is 0 Å². The molecule has 3 heteroatoms. The second kappa shape index (κ2) is 5.85. The Hall–Kier alpha value is -0.570. The van der Waals surface area contributed by atoms with Gasteiger partial charge in [-0.2, -0.15) is 0 Å². The zero-order chi connectivity index (χ0) is 11.7. The van der Waals surface area contributed by atoms with E-state index in [0.717, 1.165) is 25.7 Å². The molecule has 2 rings (SSSR count). The van der Waals surface area contributed by atoms with Crippen molar-refractivity contribution in [3.05, 3.63) is 34.4 Å². The van der Waals surface area contributed by atoms with E-state index in [2.05, 4.69) is 50.2 Å². The van der Waals surface area contributed by atoms with Crippen LogP contribution in [0.3, 0.4) is 0 Å². The molecule has 1 aliphatic rings. The lowest BCUT2D eigenvalue weighted by Gasteiger charge is -2.36. The predicted octanol–water partition coefficient (Wildman–Crippen LogP) is 2.44. The molecule has 0 amide bonds. The molecule has 96 valence electrons. The smallest absolute Gasteiger partial charge is 0.0345 e. The van der Waals surface area contributed by atoms with E-state index in [0.29, 0.717) is 0 Å². The minimum absolute atomic E-state index is 0. The van der Waals surface area contributed by atoms with Crippen molar-refractivity contribution in [1.82, 2.24) is 10.2 Å². The van der Waals surface area contributed by atoms with Gasteiger partial charge in [0.1, 0.15) is 0 Å². The molecule has 0 spiro atoms. The van der Waals surface area contributed by atoms with Gasteiger partial charge in [-0.15, -0.1) is 12.4 Å².